The summed E-state index contributed by atoms with van der Waals surface area (Å²) < 4.78 is 69.7. The van der Waals surface area contributed by atoms with Crippen LogP contribution in [0.1, 0.15) is 20.7 Å². The number of benzene rings is 3. The number of ether oxygens (including phenoxy) is 3. The molecular formula is C23H17F2NO7S. The van der Waals surface area contributed by atoms with E-state index in [4.69, 9.17) is 14.2 Å². The van der Waals surface area contributed by atoms with Gasteiger partial charge in [0.2, 0.25) is 0 Å². The Morgan fingerprint density at radius 2 is 1.53 bits per heavy atom. The lowest BCUT2D eigenvalue weighted by Gasteiger charge is -2.19. The van der Waals surface area contributed by atoms with Gasteiger partial charge in [-0.2, -0.15) is 0 Å². The van der Waals surface area contributed by atoms with Crippen LogP contribution < -0.4 is 14.2 Å². The largest absolute Gasteiger partial charge is 0.486 e. The second-order valence-corrected chi connectivity index (χ2v) is 8.80. The van der Waals surface area contributed by atoms with Crippen molar-refractivity contribution in [2.75, 3.05) is 24.5 Å². The lowest BCUT2D eigenvalue weighted by atomic mass is 10.1. The Hall–Kier alpha value is -3.99. The fraction of sp³-hybridized carbons (Fsp3) is 0.130. The van der Waals surface area contributed by atoms with Crippen LogP contribution in [0.25, 0.3) is 0 Å². The van der Waals surface area contributed by atoms with Gasteiger partial charge in [-0.25, -0.2) is 22.0 Å². The minimum atomic E-state index is -3.94. The maximum Gasteiger partial charge on any atom is 0.338 e. The first kappa shape index (κ1) is 23.2. The Morgan fingerprint density at radius 3 is 2.24 bits per heavy atom. The Morgan fingerprint density at radius 1 is 0.853 bits per heavy atom. The first-order valence-corrected chi connectivity index (χ1v) is 11.4. The smallest absolute Gasteiger partial charge is 0.338 e. The van der Waals surface area contributed by atoms with Crippen LogP contribution >= 0.6 is 0 Å². The van der Waals surface area contributed by atoms with Gasteiger partial charge >= 0.3 is 5.97 Å². The maximum absolute atomic E-state index is 13.2. The van der Waals surface area contributed by atoms with E-state index in [1.807, 2.05) is 0 Å². The highest BCUT2D eigenvalue weighted by Crippen LogP contribution is 2.32. The van der Waals surface area contributed by atoms with Crippen LogP contribution in [-0.4, -0.2) is 40.0 Å². The van der Waals surface area contributed by atoms with E-state index < -0.39 is 40.0 Å². The van der Waals surface area contributed by atoms with Gasteiger partial charge in [-0.1, -0.05) is 0 Å². The van der Waals surface area contributed by atoms with Crippen LogP contribution in [0.15, 0.2) is 65.6 Å². The highest BCUT2D eigenvalue weighted by molar-refractivity contribution is 7.92. The minimum Gasteiger partial charge on any atom is -0.486 e. The van der Waals surface area contributed by atoms with Crippen molar-refractivity contribution in [3.05, 3.63) is 83.4 Å². The third kappa shape index (κ3) is 5.15. The third-order valence-corrected chi connectivity index (χ3v) is 6.15. The van der Waals surface area contributed by atoms with E-state index in [1.54, 1.807) is 0 Å². The van der Waals surface area contributed by atoms with Crippen LogP contribution in [0, 0.1) is 11.6 Å². The normalized spacial score (nSPS) is 12.6. The molecule has 1 N–H and O–H groups in total. The monoisotopic (exact) mass is 489 g/mol. The molecule has 176 valence electrons. The number of carbonyl (C=O) groups is 2. The number of carbonyl (C=O) groups excluding carboxylic acids is 2. The van der Waals surface area contributed by atoms with Crippen LogP contribution in [0.2, 0.25) is 0 Å². The Balaban J connectivity index is 1.38. The molecule has 0 aliphatic carbocycles. The maximum atomic E-state index is 13.2. The average Bonchev–Trinajstić information content (AvgIpc) is 2.84. The molecule has 0 unspecified atom stereocenters. The molecule has 4 rings (SSSR count). The summed E-state index contributed by atoms with van der Waals surface area (Å²) in [5.41, 5.74) is 0.0975. The van der Waals surface area contributed by atoms with Crippen molar-refractivity contribution < 1.29 is 41.0 Å². The van der Waals surface area contributed by atoms with Gasteiger partial charge in [-0.15, -0.1) is 0 Å². The number of rotatable bonds is 7. The molecule has 0 atom stereocenters. The van der Waals surface area contributed by atoms with Crippen molar-refractivity contribution in [1.82, 2.24) is 0 Å². The Bertz CT molecular complexity index is 1360. The van der Waals surface area contributed by atoms with Gasteiger partial charge in [-0.3, -0.25) is 9.52 Å². The van der Waals surface area contributed by atoms with E-state index in [1.165, 1.54) is 42.5 Å². The summed E-state index contributed by atoms with van der Waals surface area (Å²) in [4.78, 5) is 24.2. The molecule has 0 aromatic heterocycles. The number of nitrogens with one attached hydrogen (secondary N) is 1. The number of hydrogen-bond acceptors (Lipinski definition) is 7. The van der Waals surface area contributed by atoms with E-state index >= 15 is 0 Å². The van der Waals surface area contributed by atoms with Gasteiger partial charge in [0.15, 0.2) is 35.5 Å². The number of fused-ring (bicyclic) bond motifs is 1. The number of halogens is 2. The lowest BCUT2D eigenvalue weighted by molar-refractivity contribution is 0.0474. The molecule has 1 aliphatic heterocycles. The molecule has 0 radical (unpaired) electrons. The first-order chi connectivity index (χ1) is 16.2. The summed E-state index contributed by atoms with van der Waals surface area (Å²) >= 11 is 0. The van der Waals surface area contributed by atoms with Crippen molar-refractivity contribution in [3.8, 4) is 11.5 Å². The van der Waals surface area contributed by atoms with Gasteiger partial charge in [0, 0.05) is 17.3 Å². The Labute approximate surface area is 193 Å². The van der Waals surface area contributed by atoms with Crippen molar-refractivity contribution in [3.63, 3.8) is 0 Å². The second-order valence-electron chi connectivity index (χ2n) is 7.12. The molecule has 3 aromatic carbocycles. The standard InChI is InChI=1S/C23H17F2NO7S/c24-18-7-3-15(11-19(18)25)20(27)13-33-23(28)14-1-4-16(5-2-14)26-34(29,30)17-6-8-21-22(12-17)32-10-9-31-21/h1-8,11-12,26H,9-10,13H2. The van der Waals surface area contributed by atoms with Crippen molar-refractivity contribution in [2.45, 2.75) is 4.90 Å². The summed E-state index contributed by atoms with van der Waals surface area (Å²) in [6.45, 7) is 0.0152. The number of esters is 1. The summed E-state index contributed by atoms with van der Waals surface area (Å²) in [5, 5.41) is 0. The zero-order valence-corrected chi connectivity index (χ0v) is 18.2. The first-order valence-electron chi connectivity index (χ1n) is 9.91. The van der Waals surface area contributed by atoms with E-state index in [0.29, 0.717) is 30.8 Å². The van der Waals surface area contributed by atoms with E-state index in [9.17, 15) is 26.8 Å². The van der Waals surface area contributed by atoms with Crippen LogP contribution in [0.4, 0.5) is 14.5 Å². The molecule has 0 bridgehead atoms. The fourth-order valence-electron chi connectivity index (χ4n) is 3.05. The van der Waals surface area contributed by atoms with Gasteiger partial charge in [-0.05, 0) is 54.6 Å². The molecular weight excluding hydrogens is 472 g/mol. The zero-order valence-electron chi connectivity index (χ0n) is 17.4. The van der Waals surface area contributed by atoms with Crippen LogP contribution in [0.5, 0.6) is 11.5 Å². The minimum absolute atomic E-state index is 0.0315. The fourth-order valence-corrected chi connectivity index (χ4v) is 4.12. The van der Waals surface area contributed by atoms with E-state index in [-0.39, 0.29) is 21.7 Å². The third-order valence-electron chi connectivity index (χ3n) is 4.77. The molecule has 0 saturated heterocycles. The summed E-state index contributed by atoms with van der Waals surface area (Å²) in [6.07, 6.45) is 0. The second kappa shape index (κ2) is 9.48. The molecule has 0 spiro atoms. The predicted molar refractivity (Wildman–Crippen MR) is 116 cm³/mol. The summed E-state index contributed by atoms with van der Waals surface area (Å²) in [7, 11) is -3.94. The quantitative estimate of drug-likeness (QED) is 0.399. The number of Topliss-reactive ketones (excluding diaryl/α,β-unsaturated/α-hetero) is 1. The van der Waals surface area contributed by atoms with Crippen LogP contribution in [0.3, 0.4) is 0 Å². The molecule has 34 heavy (non-hydrogen) atoms. The number of ketones is 1. The summed E-state index contributed by atoms with van der Waals surface area (Å²) in [5.74, 6) is -3.07. The molecule has 8 nitrogen and oxygen atoms in total. The molecule has 3 aromatic rings. The van der Waals surface area contributed by atoms with Crippen molar-refractivity contribution in [2.24, 2.45) is 0 Å². The molecule has 1 heterocycles. The average molecular weight is 489 g/mol. The number of anilines is 1. The van der Waals surface area contributed by atoms with Crippen molar-refractivity contribution >= 4 is 27.5 Å². The number of sulfonamides is 1. The Kier molecular flexibility index (Phi) is 6.46. The van der Waals surface area contributed by atoms with Gasteiger partial charge in [0.05, 0.1) is 10.5 Å². The predicted octanol–water partition coefficient (Wildman–Crippen LogP) is 3.58. The zero-order chi connectivity index (χ0) is 24.3. The molecule has 0 amide bonds. The molecule has 11 heteroatoms. The van der Waals surface area contributed by atoms with Crippen molar-refractivity contribution in [1.29, 1.82) is 0 Å². The SMILES string of the molecule is O=C(COC(=O)c1ccc(NS(=O)(=O)c2ccc3c(c2)OCCO3)cc1)c1ccc(F)c(F)c1. The lowest BCUT2D eigenvalue weighted by Crippen LogP contribution is -2.17. The highest BCUT2D eigenvalue weighted by Gasteiger charge is 2.20. The van der Waals surface area contributed by atoms with E-state index in [2.05, 4.69) is 4.72 Å². The van der Waals surface area contributed by atoms with Gasteiger partial charge < -0.3 is 14.2 Å². The molecule has 1 aliphatic rings. The topological polar surface area (TPSA) is 108 Å². The molecule has 0 fully saturated rings. The van der Waals surface area contributed by atoms with Crippen LogP contribution in [-0.2, 0) is 14.8 Å². The van der Waals surface area contributed by atoms with Gasteiger partial charge in [0.1, 0.15) is 13.2 Å². The number of hydrogen-bond donors (Lipinski definition) is 1. The molecule has 0 saturated carbocycles. The van der Waals surface area contributed by atoms with E-state index in [0.717, 1.165) is 12.1 Å². The van der Waals surface area contributed by atoms with Gasteiger partial charge in [0.25, 0.3) is 10.0 Å². The highest BCUT2D eigenvalue weighted by atomic mass is 32.2. The summed E-state index contributed by atoms with van der Waals surface area (Å²) in [6, 6.07) is 12.2.